The van der Waals surface area contributed by atoms with Crippen LogP contribution in [0.4, 0.5) is 5.69 Å². The average molecular weight is 497 g/mol. The van der Waals surface area contributed by atoms with Crippen molar-refractivity contribution in [2.24, 2.45) is 0 Å². The minimum atomic E-state index is -0.505. The van der Waals surface area contributed by atoms with E-state index in [4.69, 9.17) is 23.8 Å². The number of aromatic amines is 1. The number of para-hydroxylation sites is 2. The Bertz CT molecular complexity index is 1430. The molecule has 35 heavy (non-hydrogen) atoms. The van der Waals surface area contributed by atoms with Crippen molar-refractivity contribution in [2.75, 3.05) is 5.32 Å². The predicted octanol–water partition coefficient (Wildman–Crippen LogP) is 6.53. The second-order valence-electron chi connectivity index (χ2n) is 7.99. The van der Waals surface area contributed by atoms with E-state index in [1.807, 2.05) is 97.1 Å². The number of amides is 1. The molecule has 1 amide bonds. The first kappa shape index (κ1) is 22.8. The third-order valence-electron chi connectivity index (χ3n) is 5.64. The molecule has 1 aromatic heterocycles. The number of carbonyl (C=O) groups is 1. The Morgan fingerprint density at radius 1 is 0.857 bits per heavy atom. The Hall–Kier alpha value is -4.00. The summed E-state index contributed by atoms with van der Waals surface area (Å²) in [5.41, 5.74) is 5.00. The number of imidazole rings is 1. The lowest BCUT2D eigenvalue weighted by Gasteiger charge is -2.19. The monoisotopic (exact) mass is 496 g/mol. The minimum absolute atomic E-state index is 0.163. The predicted molar refractivity (Wildman–Crippen MR) is 146 cm³/mol. The molecule has 7 heteroatoms. The molecule has 0 aliphatic rings. The van der Waals surface area contributed by atoms with Gasteiger partial charge >= 0.3 is 0 Å². The lowest BCUT2D eigenvalue weighted by atomic mass is 9.90. The second kappa shape index (κ2) is 10.1. The Morgan fingerprint density at radius 3 is 2.14 bits per heavy atom. The number of anilines is 1. The summed E-state index contributed by atoms with van der Waals surface area (Å²) in [5.74, 6) is -0.0203. The molecule has 0 atom stereocenters. The molecule has 5 aromatic rings. The van der Waals surface area contributed by atoms with Crippen LogP contribution >= 0.6 is 23.8 Å². The van der Waals surface area contributed by atoms with E-state index in [9.17, 15) is 4.79 Å². The van der Waals surface area contributed by atoms with Crippen LogP contribution in [0.2, 0.25) is 5.02 Å². The van der Waals surface area contributed by atoms with Gasteiger partial charge in [-0.25, -0.2) is 4.98 Å². The molecule has 0 fully saturated rings. The number of nitrogens with zero attached hydrogens (tertiary/aromatic N) is 1. The third kappa shape index (κ3) is 5.09. The van der Waals surface area contributed by atoms with E-state index in [1.54, 1.807) is 6.07 Å². The first-order valence-electron chi connectivity index (χ1n) is 11.0. The molecule has 0 aliphatic heterocycles. The van der Waals surface area contributed by atoms with Crippen LogP contribution in [0.5, 0.6) is 0 Å². The van der Waals surface area contributed by atoms with Crippen molar-refractivity contribution >= 4 is 51.6 Å². The first-order valence-corrected chi connectivity index (χ1v) is 11.8. The summed E-state index contributed by atoms with van der Waals surface area (Å²) < 4.78 is 0. The van der Waals surface area contributed by atoms with Gasteiger partial charge in [0.2, 0.25) is 5.91 Å². The molecule has 0 spiro atoms. The average Bonchev–Trinajstić information content (AvgIpc) is 3.31. The highest BCUT2D eigenvalue weighted by atomic mass is 35.5. The Labute approximate surface area is 213 Å². The van der Waals surface area contributed by atoms with E-state index < -0.39 is 5.92 Å². The molecular weight excluding hydrogens is 476 g/mol. The standard InChI is InChI=1S/C28H21ClN4OS/c29-21-16-15-20(26-30-22-13-7-8-14-23(22)31-26)17-24(21)32-28(35)33-27(34)25(18-9-3-1-4-10-18)19-11-5-2-6-12-19/h1-17,25H,(H,30,31)(H2,32,33,34,35). The van der Waals surface area contributed by atoms with Gasteiger partial charge in [-0.15, -0.1) is 0 Å². The maximum absolute atomic E-state index is 13.3. The molecule has 5 nitrogen and oxygen atoms in total. The first-order chi connectivity index (χ1) is 17.1. The van der Waals surface area contributed by atoms with Crippen LogP contribution in [-0.4, -0.2) is 21.0 Å². The van der Waals surface area contributed by atoms with Crippen molar-refractivity contribution in [2.45, 2.75) is 5.92 Å². The van der Waals surface area contributed by atoms with Crippen LogP contribution in [0.1, 0.15) is 17.0 Å². The van der Waals surface area contributed by atoms with Crippen molar-refractivity contribution in [1.29, 1.82) is 0 Å². The molecule has 5 rings (SSSR count). The number of thiocarbonyl (C=S) groups is 1. The SMILES string of the molecule is O=C(NC(=S)Nc1cc(-c2nc3ccccc3[nH]2)ccc1Cl)C(c1ccccc1)c1ccccc1. The Balaban J connectivity index is 1.36. The van der Waals surface area contributed by atoms with Crippen LogP contribution in [0.15, 0.2) is 103 Å². The quantitative estimate of drug-likeness (QED) is 0.242. The van der Waals surface area contributed by atoms with Crippen LogP contribution < -0.4 is 10.6 Å². The van der Waals surface area contributed by atoms with Gasteiger partial charge in [0.1, 0.15) is 5.82 Å². The van der Waals surface area contributed by atoms with E-state index in [2.05, 4.69) is 20.6 Å². The summed E-state index contributed by atoms with van der Waals surface area (Å²) >= 11 is 11.9. The molecular formula is C28H21ClN4OS. The highest BCUT2D eigenvalue weighted by molar-refractivity contribution is 7.80. The molecule has 0 aliphatic carbocycles. The molecule has 0 saturated heterocycles. The van der Waals surface area contributed by atoms with Crippen molar-refractivity contribution in [1.82, 2.24) is 15.3 Å². The summed E-state index contributed by atoms with van der Waals surface area (Å²) in [6.45, 7) is 0. The maximum Gasteiger partial charge on any atom is 0.238 e. The third-order valence-corrected chi connectivity index (χ3v) is 6.18. The van der Waals surface area contributed by atoms with Crippen molar-refractivity contribution in [3.63, 3.8) is 0 Å². The number of hydrogen-bond donors (Lipinski definition) is 3. The fraction of sp³-hybridized carbons (Fsp3) is 0.0357. The summed E-state index contributed by atoms with van der Waals surface area (Å²) in [4.78, 5) is 21.3. The number of nitrogens with one attached hydrogen (secondary N) is 3. The molecule has 0 bridgehead atoms. The lowest BCUT2D eigenvalue weighted by Crippen LogP contribution is -2.38. The number of H-pyrrole nitrogens is 1. The van der Waals surface area contributed by atoms with Gasteiger partial charge in [-0.2, -0.15) is 0 Å². The number of benzene rings is 4. The summed E-state index contributed by atoms with van der Waals surface area (Å²) in [7, 11) is 0. The largest absolute Gasteiger partial charge is 0.338 e. The van der Waals surface area contributed by atoms with E-state index in [0.29, 0.717) is 16.5 Å². The number of rotatable bonds is 5. The zero-order valence-corrected chi connectivity index (χ0v) is 20.1. The van der Waals surface area contributed by atoms with Gasteiger partial charge in [0.15, 0.2) is 5.11 Å². The van der Waals surface area contributed by atoms with Crippen LogP contribution in [0, 0.1) is 0 Å². The summed E-state index contributed by atoms with van der Waals surface area (Å²) in [6.07, 6.45) is 0. The van der Waals surface area contributed by atoms with Gasteiger partial charge in [0, 0.05) is 5.56 Å². The van der Waals surface area contributed by atoms with Crippen LogP contribution in [0.3, 0.4) is 0 Å². The van der Waals surface area contributed by atoms with Gasteiger partial charge in [-0.05, 0) is 53.7 Å². The number of fused-ring (bicyclic) bond motifs is 1. The fourth-order valence-electron chi connectivity index (χ4n) is 3.98. The maximum atomic E-state index is 13.3. The minimum Gasteiger partial charge on any atom is -0.338 e. The Kier molecular flexibility index (Phi) is 6.57. The van der Waals surface area contributed by atoms with Gasteiger partial charge < -0.3 is 15.6 Å². The second-order valence-corrected chi connectivity index (χ2v) is 8.81. The van der Waals surface area contributed by atoms with Crippen molar-refractivity contribution in [3.05, 3.63) is 119 Å². The number of carbonyl (C=O) groups excluding carboxylic acids is 1. The number of hydrogen-bond acceptors (Lipinski definition) is 3. The smallest absolute Gasteiger partial charge is 0.238 e. The lowest BCUT2D eigenvalue weighted by molar-refractivity contribution is -0.120. The fourth-order valence-corrected chi connectivity index (χ4v) is 4.36. The zero-order valence-electron chi connectivity index (χ0n) is 18.5. The van der Waals surface area contributed by atoms with Crippen LogP contribution in [-0.2, 0) is 4.79 Å². The van der Waals surface area contributed by atoms with E-state index in [0.717, 1.165) is 27.7 Å². The zero-order chi connectivity index (χ0) is 24.2. The summed E-state index contributed by atoms with van der Waals surface area (Å²) in [5, 5.41) is 6.54. The van der Waals surface area contributed by atoms with E-state index in [1.165, 1.54) is 0 Å². The van der Waals surface area contributed by atoms with Gasteiger partial charge in [-0.1, -0.05) is 84.4 Å². The topological polar surface area (TPSA) is 69.8 Å². The highest BCUT2D eigenvalue weighted by Crippen LogP contribution is 2.29. The molecule has 4 aromatic carbocycles. The normalized spacial score (nSPS) is 10.9. The molecule has 0 radical (unpaired) electrons. The molecule has 1 heterocycles. The molecule has 0 unspecified atom stereocenters. The molecule has 172 valence electrons. The molecule has 0 saturated carbocycles. The van der Waals surface area contributed by atoms with Crippen LogP contribution in [0.25, 0.3) is 22.4 Å². The number of aromatic nitrogens is 2. The Morgan fingerprint density at radius 2 is 1.49 bits per heavy atom. The van der Waals surface area contributed by atoms with Crippen molar-refractivity contribution < 1.29 is 4.79 Å². The van der Waals surface area contributed by atoms with Gasteiger partial charge in [0.25, 0.3) is 0 Å². The van der Waals surface area contributed by atoms with E-state index in [-0.39, 0.29) is 11.0 Å². The van der Waals surface area contributed by atoms with Gasteiger partial charge in [0.05, 0.1) is 27.7 Å². The van der Waals surface area contributed by atoms with E-state index >= 15 is 0 Å². The number of halogens is 1. The highest BCUT2D eigenvalue weighted by Gasteiger charge is 2.23. The molecule has 3 N–H and O–H groups in total. The van der Waals surface area contributed by atoms with Gasteiger partial charge in [-0.3, -0.25) is 4.79 Å². The summed E-state index contributed by atoms with van der Waals surface area (Å²) in [6, 6.07) is 32.6. The van der Waals surface area contributed by atoms with Crippen molar-refractivity contribution in [3.8, 4) is 11.4 Å².